The third-order valence-electron chi connectivity index (χ3n) is 2.47. The molecule has 0 bridgehead atoms. The summed E-state index contributed by atoms with van der Waals surface area (Å²) in [6.07, 6.45) is 1.06. The van der Waals surface area contributed by atoms with Crippen LogP contribution in [-0.4, -0.2) is 23.7 Å². The van der Waals surface area contributed by atoms with Gasteiger partial charge in [-0.2, -0.15) is 0 Å². The summed E-state index contributed by atoms with van der Waals surface area (Å²) in [4.78, 5) is 11.5. The van der Waals surface area contributed by atoms with E-state index in [4.69, 9.17) is 0 Å². The second-order valence-corrected chi connectivity index (χ2v) is 4.01. The largest absolute Gasteiger partial charge is 0.391 e. The third-order valence-corrected chi connectivity index (χ3v) is 2.47. The van der Waals surface area contributed by atoms with Crippen molar-refractivity contribution in [2.75, 3.05) is 6.54 Å². The summed E-state index contributed by atoms with van der Waals surface area (Å²) in [7, 11) is 0. The second-order valence-electron chi connectivity index (χ2n) is 4.01. The lowest BCUT2D eigenvalue weighted by molar-refractivity contribution is -0.129. The summed E-state index contributed by atoms with van der Waals surface area (Å²) >= 11 is 0. The Kier molecular flexibility index (Phi) is 4.99. The smallest absolute Gasteiger partial charge is 0.225 e. The van der Waals surface area contributed by atoms with Gasteiger partial charge in [-0.3, -0.25) is 4.79 Å². The van der Waals surface area contributed by atoms with E-state index in [0.29, 0.717) is 13.0 Å². The van der Waals surface area contributed by atoms with Crippen molar-refractivity contribution < 1.29 is 9.90 Å². The zero-order valence-corrected chi connectivity index (χ0v) is 9.05. The van der Waals surface area contributed by atoms with Gasteiger partial charge in [-0.25, -0.2) is 0 Å². The molecule has 0 aromatic heterocycles. The molecular weight excluding hydrogens is 166 g/mol. The maximum atomic E-state index is 11.5. The van der Waals surface area contributed by atoms with Gasteiger partial charge >= 0.3 is 0 Å². The van der Waals surface area contributed by atoms with Gasteiger partial charge in [-0.05, 0) is 12.8 Å². The molecule has 0 aliphatic rings. The molecule has 0 saturated heterocycles. The molecule has 78 valence electrons. The molecule has 0 spiro atoms. The van der Waals surface area contributed by atoms with Crippen molar-refractivity contribution in [2.45, 2.75) is 46.6 Å². The first-order valence-corrected chi connectivity index (χ1v) is 4.90. The van der Waals surface area contributed by atoms with E-state index in [0.717, 1.165) is 6.42 Å². The average molecular weight is 187 g/mol. The molecule has 1 atom stereocenters. The molecule has 2 N–H and O–H groups in total. The van der Waals surface area contributed by atoms with Crippen LogP contribution in [0.2, 0.25) is 0 Å². The van der Waals surface area contributed by atoms with E-state index >= 15 is 0 Å². The van der Waals surface area contributed by atoms with Gasteiger partial charge in [0.2, 0.25) is 5.91 Å². The Morgan fingerprint density at radius 2 is 2.00 bits per heavy atom. The minimum atomic E-state index is -0.420. The SMILES string of the molecule is CCC(O)CNC(=O)C(C)(C)CC. The molecule has 0 rings (SSSR count). The highest BCUT2D eigenvalue weighted by Gasteiger charge is 2.24. The maximum absolute atomic E-state index is 11.5. The van der Waals surface area contributed by atoms with Crippen LogP contribution < -0.4 is 5.32 Å². The van der Waals surface area contributed by atoms with E-state index in [1.807, 2.05) is 27.7 Å². The summed E-state index contributed by atoms with van der Waals surface area (Å²) in [6, 6.07) is 0. The first-order chi connectivity index (χ1) is 5.94. The van der Waals surface area contributed by atoms with Crippen molar-refractivity contribution >= 4 is 5.91 Å². The molecule has 1 unspecified atom stereocenters. The van der Waals surface area contributed by atoms with Crippen LogP contribution in [0.1, 0.15) is 40.5 Å². The number of carbonyl (C=O) groups excluding carboxylic acids is 1. The van der Waals surface area contributed by atoms with Gasteiger partial charge in [0, 0.05) is 12.0 Å². The Bertz CT molecular complexity index is 166. The number of aliphatic hydroxyl groups is 1. The first-order valence-electron chi connectivity index (χ1n) is 4.90. The number of nitrogens with one attached hydrogen (secondary N) is 1. The van der Waals surface area contributed by atoms with Gasteiger partial charge < -0.3 is 10.4 Å². The molecule has 0 aromatic carbocycles. The molecule has 3 nitrogen and oxygen atoms in total. The highest BCUT2D eigenvalue weighted by atomic mass is 16.3. The monoisotopic (exact) mass is 187 g/mol. The van der Waals surface area contributed by atoms with Crippen LogP contribution in [0.5, 0.6) is 0 Å². The maximum Gasteiger partial charge on any atom is 0.225 e. The molecule has 13 heavy (non-hydrogen) atoms. The fourth-order valence-corrected chi connectivity index (χ4v) is 0.755. The first kappa shape index (κ1) is 12.4. The van der Waals surface area contributed by atoms with E-state index in [-0.39, 0.29) is 11.3 Å². The molecule has 0 radical (unpaired) electrons. The highest BCUT2D eigenvalue weighted by molar-refractivity contribution is 5.81. The predicted molar refractivity (Wildman–Crippen MR) is 53.4 cm³/mol. The van der Waals surface area contributed by atoms with Crippen LogP contribution in [0.15, 0.2) is 0 Å². The van der Waals surface area contributed by atoms with Crippen LogP contribution in [0.4, 0.5) is 0 Å². The van der Waals surface area contributed by atoms with Gasteiger partial charge in [0.25, 0.3) is 0 Å². The Balaban J connectivity index is 3.88. The molecule has 0 saturated carbocycles. The molecule has 0 heterocycles. The lowest BCUT2D eigenvalue weighted by Crippen LogP contribution is -2.40. The van der Waals surface area contributed by atoms with Crippen molar-refractivity contribution in [1.82, 2.24) is 5.32 Å². The van der Waals surface area contributed by atoms with Crippen LogP contribution in [-0.2, 0) is 4.79 Å². The lowest BCUT2D eigenvalue weighted by atomic mass is 9.89. The number of rotatable bonds is 5. The zero-order chi connectivity index (χ0) is 10.5. The van der Waals surface area contributed by atoms with Gasteiger partial charge in [0.15, 0.2) is 0 Å². The normalized spacial score (nSPS) is 13.9. The van der Waals surface area contributed by atoms with Gasteiger partial charge in [-0.1, -0.05) is 27.7 Å². The standard InChI is InChI=1S/C10H21NO2/c1-5-8(12)7-11-9(13)10(3,4)6-2/h8,12H,5-7H2,1-4H3,(H,11,13). The van der Waals surface area contributed by atoms with E-state index in [1.54, 1.807) is 0 Å². The zero-order valence-electron chi connectivity index (χ0n) is 9.05. The van der Waals surface area contributed by atoms with Crippen molar-refractivity contribution in [3.63, 3.8) is 0 Å². The van der Waals surface area contributed by atoms with Crippen LogP contribution in [0.25, 0.3) is 0 Å². The van der Waals surface area contributed by atoms with Crippen LogP contribution in [0.3, 0.4) is 0 Å². The Hall–Kier alpha value is -0.570. The fourth-order valence-electron chi connectivity index (χ4n) is 0.755. The van der Waals surface area contributed by atoms with E-state index in [2.05, 4.69) is 5.32 Å². The van der Waals surface area contributed by atoms with Crippen molar-refractivity contribution in [1.29, 1.82) is 0 Å². The quantitative estimate of drug-likeness (QED) is 0.681. The third kappa shape index (κ3) is 4.27. The average Bonchev–Trinajstić information content (AvgIpc) is 2.13. The Morgan fingerprint density at radius 3 is 2.38 bits per heavy atom. The van der Waals surface area contributed by atoms with Crippen molar-refractivity contribution in [3.05, 3.63) is 0 Å². The van der Waals surface area contributed by atoms with E-state index in [1.165, 1.54) is 0 Å². The van der Waals surface area contributed by atoms with Crippen molar-refractivity contribution in [2.24, 2.45) is 5.41 Å². The fraction of sp³-hybridized carbons (Fsp3) is 0.900. The minimum Gasteiger partial charge on any atom is -0.391 e. The number of hydrogen-bond acceptors (Lipinski definition) is 2. The number of amides is 1. The topological polar surface area (TPSA) is 49.3 Å². The molecule has 1 amide bonds. The van der Waals surface area contributed by atoms with Gasteiger partial charge in [-0.15, -0.1) is 0 Å². The predicted octanol–water partition coefficient (Wildman–Crippen LogP) is 1.31. The van der Waals surface area contributed by atoms with E-state index in [9.17, 15) is 9.90 Å². The van der Waals surface area contributed by atoms with Gasteiger partial charge in [0.05, 0.1) is 6.10 Å². The van der Waals surface area contributed by atoms with Crippen LogP contribution in [0, 0.1) is 5.41 Å². The Morgan fingerprint density at radius 1 is 1.46 bits per heavy atom. The number of carbonyl (C=O) groups is 1. The lowest BCUT2D eigenvalue weighted by Gasteiger charge is -2.22. The molecule has 0 aliphatic carbocycles. The molecule has 3 heteroatoms. The summed E-state index contributed by atoms with van der Waals surface area (Å²) in [5.74, 6) is 0.0162. The van der Waals surface area contributed by atoms with Crippen LogP contribution >= 0.6 is 0 Å². The van der Waals surface area contributed by atoms with E-state index < -0.39 is 6.10 Å². The minimum absolute atomic E-state index is 0.0162. The summed E-state index contributed by atoms with van der Waals surface area (Å²) in [5, 5.41) is 12.0. The summed E-state index contributed by atoms with van der Waals surface area (Å²) in [6.45, 7) is 8.04. The number of aliphatic hydroxyl groups excluding tert-OH is 1. The number of hydrogen-bond donors (Lipinski definition) is 2. The Labute approximate surface area is 80.5 Å². The van der Waals surface area contributed by atoms with Crippen molar-refractivity contribution in [3.8, 4) is 0 Å². The van der Waals surface area contributed by atoms with Gasteiger partial charge in [0.1, 0.15) is 0 Å². The molecule has 0 aromatic rings. The molecule has 0 fully saturated rings. The summed E-state index contributed by atoms with van der Waals surface area (Å²) in [5.41, 5.74) is -0.326. The molecule has 0 aliphatic heterocycles. The second kappa shape index (κ2) is 5.22. The highest BCUT2D eigenvalue weighted by Crippen LogP contribution is 2.19. The summed E-state index contributed by atoms with van der Waals surface area (Å²) < 4.78 is 0. The molecular formula is C10H21NO2.